The second-order valence-corrected chi connectivity index (χ2v) is 8.36. The summed E-state index contributed by atoms with van der Waals surface area (Å²) in [6.07, 6.45) is 3.56. The first-order valence-electron chi connectivity index (χ1n) is 11.3. The van der Waals surface area contributed by atoms with Crippen molar-refractivity contribution in [2.45, 2.75) is 25.4 Å². The van der Waals surface area contributed by atoms with Crippen LogP contribution in [0.4, 0.5) is 5.82 Å². The van der Waals surface area contributed by atoms with Gasteiger partial charge in [0.05, 0.1) is 18.5 Å². The Kier molecular flexibility index (Phi) is 7.48. The van der Waals surface area contributed by atoms with Gasteiger partial charge in [0.2, 0.25) is 0 Å². The number of carbonyl (C=O) groups is 1. The summed E-state index contributed by atoms with van der Waals surface area (Å²) in [6.45, 7) is 2.25. The first-order chi connectivity index (χ1) is 16.6. The molecule has 9 nitrogen and oxygen atoms in total. The molecule has 4 N–H and O–H groups in total. The van der Waals surface area contributed by atoms with Crippen LogP contribution in [-0.4, -0.2) is 45.9 Å². The van der Waals surface area contributed by atoms with Gasteiger partial charge in [-0.15, -0.1) is 12.4 Å². The zero-order valence-corrected chi connectivity index (χ0v) is 20.2. The highest BCUT2D eigenvalue weighted by atomic mass is 35.5. The molecule has 2 aromatic carbocycles. The van der Waals surface area contributed by atoms with Crippen LogP contribution in [0.15, 0.2) is 54.9 Å². The number of methoxy groups -OCH3 is 1. The Morgan fingerprint density at radius 1 is 1.23 bits per heavy atom. The van der Waals surface area contributed by atoms with Gasteiger partial charge in [-0.2, -0.15) is 5.10 Å². The molecule has 0 bridgehead atoms. The third-order valence-electron chi connectivity index (χ3n) is 6.15. The molecule has 1 aliphatic heterocycles. The Morgan fingerprint density at radius 2 is 2.06 bits per heavy atom. The highest BCUT2D eigenvalue weighted by molar-refractivity contribution is 6.00. The van der Waals surface area contributed by atoms with Crippen molar-refractivity contribution in [1.82, 2.24) is 30.4 Å². The van der Waals surface area contributed by atoms with Gasteiger partial charge < -0.3 is 21.1 Å². The molecule has 1 fully saturated rings. The number of nitrogens with one attached hydrogen (secondary N) is 2. The largest absolute Gasteiger partial charge is 0.497 e. The molecule has 3 heterocycles. The summed E-state index contributed by atoms with van der Waals surface area (Å²) in [4.78, 5) is 21.6. The van der Waals surface area contributed by atoms with Crippen LogP contribution in [0.25, 0.3) is 22.3 Å². The maximum Gasteiger partial charge on any atom is 0.251 e. The van der Waals surface area contributed by atoms with Crippen molar-refractivity contribution >= 4 is 35.2 Å². The number of halogens is 1. The number of nitrogen functional groups attached to an aromatic ring is 1. The van der Waals surface area contributed by atoms with Gasteiger partial charge in [0.15, 0.2) is 5.65 Å². The third-order valence-corrected chi connectivity index (χ3v) is 6.15. The quantitative estimate of drug-likeness (QED) is 0.376. The zero-order valence-electron chi connectivity index (χ0n) is 19.4. The summed E-state index contributed by atoms with van der Waals surface area (Å²) in [6, 6.07) is 15.2. The Labute approximate surface area is 209 Å². The van der Waals surface area contributed by atoms with Gasteiger partial charge in [0.25, 0.3) is 5.91 Å². The Morgan fingerprint density at radius 3 is 2.80 bits per heavy atom. The van der Waals surface area contributed by atoms with Crippen LogP contribution in [0.1, 0.15) is 34.8 Å². The SMILES string of the molecule is COc1ccc(CNC(=O)c2cccc(-c3nn([C@@H]4CCCNC4)c4ncnc(N)c34)c2)cc1.Cl. The number of carbonyl (C=O) groups excluding carboxylic acids is 1. The maximum absolute atomic E-state index is 12.9. The minimum absolute atomic E-state index is 0. The highest BCUT2D eigenvalue weighted by Gasteiger charge is 2.23. The fourth-order valence-electron chi connectivity index (χ4n) is 4.33. The predicted octanol–water partition coefficient (Wildman–Crippen LogP) is 3.36. The third kappa shape index (κ3) is 5.06. The molecule has 0 aliphatic carbocycles. The number of hydrogen-bond acceptors (Lipinski definition) is 7. The summed E-state index contributed by atoms with van der Waals surface area (Å²) in [5, 5.41) is 12.0. The number of amides is 1. The standard InChI is InChI=1S/C25H27N7O2.ClH/c1-34-20-9-7-16(8-10-20)13-28-25(33)18-5-2-4-17(12-18)22-21-23(26)29-15-30-24(21)32(31-22)19-6-3-11-27-14-19;/h2,4-5,7-10,12,15,19,27H,3,6,11,13-14H2,1H3,(H,28,33)(H2,26,29,30);1H/t19-;/m1./s1. The summed E-state index contributed by atoms with van der Waals surface area (Å²) < 4.78 is 7.13. The van der Waals surface area contributed by atoms with Crippen molar-refractivity contribution in [2.24, 2.45) is 0 Å². The van der Waals surface area contributed by atoms with E-state index >= 15 is 0 Å². The second kappa shape index (κ2) is 10.7. The fourth-order valence-corrected chi connectivity index (χ4v) is 4.33. The molecule has 0 saturated carbocycles. The van der Waals surface area contributed by atoms with Crippen molar-refractivity contribution in [2.75, 3.05) is 25.9 Å². The van der Waals surface area contributed by atoms with Gasteiger partial charge in [-0.25, -0.2) is 14.6 Å². The maximum atomic E-state index is 12.9. The number of rotatable bonds is 6. The first-order valence-corrected chi connectivity index (χ1v) is 11.3. The number of ether oxygens (including phenoxy) is 1. The number of nitrogens with two attached hydrogens (primary N) is 1. The van der Waals surface area contributed by atoms with Crippen molar-refractivity contribution < 1.29 is 9.53 Å². The molecule has 1 atom stereocenters. The van der Waals surface area contributed by atoms with E-state index in [9.17, 15) is 4.79 Å². The van der Waals surface area contributed by atoms with Gasteiger partial charge in [-0.1, -0.05) is 24.3 Å². The van der Waals surface area contributed by atoms with E-state index in [1.807, 2.05) is 47.1 Å². The number of hydrogen-bond donors (Lipinski definition) is 3. The average molecular weight is 494 g/mol. The topological polar surface area (TPSA) is 120 Å². The molecule has 182 valence electrons. The second-order valence-electron chi connectivity index (χ2n) is 8.36. The molecule has 1 aliphatic rings. The van der Waals surface area contributed by atoms with E-state index in [1.54, 1.807) is 13.2 Å². The monoisotopic (exact) mass is 493 g/mol. The summed E-state index contributed by atoms with van der Waals surface area (Å²) in [7, 11) is 1.63. The van der Waals surface area contributed by atoms with Crippen LogP contribution < -0.4 is 21.1 Å². The van der Waals surface area contributed by atoms with Crippen molar-refractivity contribution in [1.29, 1.82) is 0 Å². The van der Waals surface area contributed by atoms with E-state index in [1.165, 1.54) is 6.33 Å². The average Bonchev–Trinajstić information content (AvgIpc) is 3.29. The predicted molar refractivity (Wildman–Crippen MR) is 138 cm³/mol. The molecule has 5 rings (SSSR count). The molecule has 35 heavy (non-hydrogen) atoms. The molecule has 0 radical (unpaired) electrons. The van der Waals surface area contributed by atoms with Crippen LogP contribution >= 0.6 is 12.4 Å². The molecule has 0 spiro atoms. The van der Waals surface area contributed by atoms with E-state index in [4.69, 9.17) is 15.6 Å². The van der Waals surface area contributed by atoms with Crippen molar-refractivity contribution in [3.05, 3.63) is 66.0 Å². The van der Waals surface area contributed by atoms with Crippen LogP contribution in [0, 0.1) is 0 Å². The summed E-state index contributed by atoms with van der Waals surface area (Å²) >= 11 is 0. The van der Waals surface area contributed by atoms with Crippen LogP contribution in [0.5, 0.6) is 5.75 Å². The minimum atomic E-state index is -0.165. The Bertz CT molecular complexity index is 1320. The summed E-state index contributed by atoms with van der Waals surface area (Å²) in [5.74, 6) is 0.994. The van der Waals surface area contributed by atoms with Crippen LogP contribution in [0.2, 0.25) is 0 Å². The lowest BCUT2D eigenvalue weighted by atomic mass is 10.1. The molecule has 0 unspecified atom stereocenters. The number of fused-ring (bicyclic) bond motifs is 1. The molecule has 1 amide bonds. The van der Waals surface area contributed by atoms with Gasteiger partial charge in [0, 0.05) is 24.2 Å². The normalized spacial score (nSPS) is 15.4. The Hall–Kier alpha value is -3.69. The molecule has 1 saturated heterocycles. The minimum Gasteiger partial charge on any atom is -0.497 e. The number of nitrogens with zero attached hydrogens (tertiary/aromatic N) is 4. The lowest BCUT2D eigenvalue weighted by molar-refractivity contribution is 0.0951. The molecule has 10 heteroatoms. The molecular formula is C25H28ClN7O2. The smallest absolute Gasteiger partial charge is 0.251 e. The molecule has 2 aromatic heterocycles. The van der Waals surface area contributed by atoms with E-state index < -0.39 is 0 Å². The lowest BCUT2D eigenvalue weighted by Gasteiger charge is -2.23. The first kappa shape index (κ1) is 24.4. The molecular weight excluding hydrogens is 466 g/mol. The highest BCUT2D eigenvalue weighted by Crippen LogP contribution is 2.33. The molecule has 4 aromatic rings. The zero-order chi connectivity index (χ0) is 23.5. The fraction of sp³-hybridized carbons (Fsp3) is 0.280. The van der Waals surface area contributed by atoms with Crippen LogP contribution in [-0.2, 0) is 6.54 Å². The van der Waals surface area contributed by atoms with Crippen LogP contribution in [0.3, 0.4) is 0 Å². The lowest BCUT2D eigenvalue weighted by Crippen LogP contribution is -2.32. The van der Waals surface area contributed by atoms with E-state index in [0.717, 1.165) is 42.8 Å². The number of anilines is 1. The van der Waals surface area contributed by atoms with Crippen molar-refractivity contribution in [3.8, 4) is 17.0 Å². The van der Waals surface area contributed by atoms with Gasteiger partial charge in [0.1, 0.15) is 23.6 Å². The van der Waals surface area contributed by atoms with Gasteiger partial charge in [-0.05, 0) is 49.2 Å². The van der Waals surface area contributed by atoms with Gasteiger partial charge >= 0.3 is 0 Å². The van der Waals surface area contributed by atoms with E-state index in [2.05, 4.69) is 20.6 Å². The van der Waals surface area contributed by atoms with E-state index in [-0.39, 0.29) is 24.4 Å². The number of piperidine rings is 1. The van der Waals surface area contributed by atoms with E-state index in [0.29, 0.717) is 34.7 Å². The van der Waals surface area contributed by atoms with Crippen molar-refractivity contribution in [3.63, 3.8) is 0 Å². The number of benzene rings is 2. The number of aromatic nitrogens is 4. The summed E-state index contributed by atoms with van der Waals surface area (Å²) in [5.41, 5.74) is 9.99. The Balaban J connectivity index is 0.00000289. The van der Waals surface area contributed by atoms with Gasteiger partial charge in [-0.3, -0.25) is 4.79 Å².